The van der Waals surface area contributed by atoms with E-state index in [-0.39, 0.29) is 38.8 Å². The summed E-state index contributed by atoms with van der Waals surface area (Å²) in [6.07, 6.45) is 1.57. The van der Waals surface area contributed by atoms with E-state index in [4.69, 9.17) is 22.1 Å². The molecule has 2 aromatic carbocycles. The molecule has 176 valence electrons. The molecule has 0 radical (unpaired) electrons. The van der Waals surface area contributed by atoms with Crippen LogP contribution >= 0.6 is 22.9 Å². The number of fused-ring (bicyclic) bond motifs is 1. The lowest BCUT2D eigenvalue weighted by atomic mass is 9.96. The summed E-state index contributed by atoms with van der Waals surface area (Å²) in [4.78, 5) is 30.9. The number of thiazole rings is 1. The number of carbonyl (C=O) groups is 1. The first-order valence-electron chi connectivity index (χ1n) is 10.4. The molecule has 3 heterocycles. The maximum atomic E-state index is 15.0. The van der Waals surface area contributed by atoms with Gasteiger partial charge in [-0.05, 0) is 30.3 Å². The Morgan fingerprint density at radius 1 is 1.17 bits per heavy atom. The minimum absolute atomic E-state index is 0.0173. The Morgan fingerprint density at radius 2 is 1.94 bits per heavy atom. The monoisotopic (exact) mass is 516 g/mol. The van der Waals surface area contributed by atoms with Crippen LogP contribution in [0.15, 0.2) is 54.7 Å². The number of hydrogen-bond donors (Lipinski definition) is 1. The predicted molar refractivity (Wildman–Crippen MR) is 134 cm³/mol. The van der Waals surface area contributed by atoms with Gasteiger partial charge in [-0.2, -0.15) is 5.26 Å². The van der Waals surface area contributed by atoms with Gasteiger partial charge in [-0.3, -0.25) is 4.79 Å². The van der Waals surface area contributed by atoms with E-state index < -0.39 is 11.7 Å². The summed E-state index contributed by atoms with van der Waals surface area (Å²) in [5.41, 5.74) is 7.38. The molecule has 11 heteroatoms. The van der Waals surface area contributed by atoms with E-state index in [2.05, 4.69) is 19.9 Å². The van der Waals surface area contributed by atoms with Crippen LogP contribution in [0.2, 0.25) is 5.02 Å². The van der Waals surface area contributed by atoms with Crippen molar-refractivity contribution in [3.05, 3.63) is 76.8 Å². The van der Waals surface area contributed by atoms with E-state index in [1.165, 1.54) is 25.3 Å². The van der Waals surface area contributed by atoms with Crippen LogP contribution in [-0.4, -0.2) is 33.0 Å². The third kappa shape index (κ3) is 4.11. The van der Waals surface area contributed by atoms with Crippen molar-refractivity contribution < 1.29 is 13.9 Å². The highest BCUT2D eigenvalue weighted by atomic mass is 35.5. The van der Waals surface area contributed by atoms with Crippen molar-refractivity contribution in [2.75, 3.05) is 7.11 Å². The number of rotatable bonds is 5. The number of nitrogens with two attached hydrogens (primary N) is 1. The zero-order chi connectivity index (χ0) is 25.4. The van der Waals surface area contributed by atoms with E-state index in [9.17, 15) is 14.4 Å². The van der Waals surface area contributed by atoms with Crippen LogP contribution < -0.4 is 10.5 Å². The zero-order valence-electron chi connectivity index (χ0n) is 18.5. The fourth-order valence-corrected chi connectivity index (χ4v) is 4.74. The molecule has 5 rings (SSSR count). The third-order valence-electron chi connectivity index (χ3n) is 5.31. The van der Waals surface area contributed by atoms with Gasteiger partial charge in [0.1, 0.15) is 34.0 Å². The molecule has 2 N–H and O–H groups in total. The van der Waals surface area contributed by atoms with Gasteiger partial charge in [-0.15, -0.1) is 0 Å². The van der Waals surface area contributed by atoms with Crippen LogP contribution in [0.5, 0.6) is 5.75 Å². The van der Waals surface area contributed by atoms with Crippen molar-refractivity contribution in [2.24, 2.45) is 5.73 Å². The number of carbonyl (C=O) groups excluding carboxylic acids is 1. The van der Waals surface area contributed by atoms with Gasteiger partial charge in [-0.1, -0.05) is 41.1 Å². The summed E-state index contributed by atoms with van der Waals surface area (Å²) < 4.78 is 20.3. The van der Waals surface area contributed by atoms with E-state index in [1.54, 1.807) is 24.4 Å². The molecule has 0 spiro atoms. The highest BCUT2D eigenvalue weighted by Crippen LogP contribution is 2.39. The highest BCUT2D eigenvalue weighted by molar-refractivity contribution is 7.21. The number of methoxy groups -OCH3 is 1. The molecule has 0 bridgehead atoms. The molecule has 0 aliphatic carbocycles. The lowest BCUT2D eigenvalue weighted by molar-refractivity contribution is 0.100. The first-order chi connectivity index (χ1) is 17.4. The normalized spacial score (nSPS) is 10.8. The number of aromatic nitrogens is 4. The van der Waals surface area contributed by atoms with Crippen molar-refractivity contribution in [3.8, 4) is 44.9 Å². The second kappa shape index (κ2) is 9.30. The first-order valence-corrected chi connectivity index (χ1v) is 11.6. The van der Waals surface area contributed by atoms with Crippen LogP contribution in [0.25, 0.3) is 43.6 Å². The minimum atomic E-state index is -0.871. The van der Waals surface area contributed by atoms with Gasteiger partial charge < -0.3 is 10.5 Å². The summed E-state index contributed by atoms with van der Waals surface area (Å²) in [6, 6.07) is 14.6. The molecule has 0 saturated heterocycles. The molecule has 36 heavy (non-hydrogen) atoms. The Balaban J connectivity index is 1.74. The van der Waals surface area contributed by atoms with Crippen LogP contribution in [-0.2, 0) is 0 Å². The van der Waals surface area contributed by atoms with Crippen molar-refractivity contribution in [1.29, 1.82) is 5.26 Å². The predicted octanol–water partition coefficient (Wildman–Crippen LogP) is 5.25. The van der Waals surface area contributed by atoms with Gasteiger partial charge in [0.2, 0.25) is 0 Å². The number of primary amides is 1. The van der Waals surface area contributed by atoms with Crippen LogP contribution in [0.4, 0.5) is 4.39 Å². The average Bonchev–Trinajstić information content (AvgIpc) is 3.31. The van der Waals surface area contributed by atoms with Crippen molar-refractivity contribution in [3.63, 3.8) is 0 Å². The van der Waals surface area contributed by atoms with Gasteiger partial charge in [0, 0.05) is 16.1 Å². The summed E-state index contributed by atoms with van der Waals surface area (Å²) in [5, 5.41) is 10.5. The van der Waals surface area contributed by atoms with Crippen LogP contribution in [0, 0.1) is 17.1 Å². The number of hydrogen-bond acceptors (Lipinski definition) is 8. The summed E-state index contributed by atoms with van der Waals surface area (Å²) in [6.45, 7) is 0. The molecule has 0 saturated carbocycles. The second-order valence-corrected chi connectivity index (χ2v) is 8.90. The van der Waals surface area contributed by atoms with E-state index in [0.717, 1.165) is 16.9 Å². The average molecular weight is 517 g/mol. The molecule has 0 aliphatic heterocycles. The molecular weight excluding hydrogens is 503 g/mol. The number of amides is 1. The maximum absolute atomic E-state index is 15.0. The van der Waals surface area contributed by atoms with E-state index in [1.807, 2.05) is 18.2 Å². The zero-order valence-corrected chi connectivity index (χ0v) is 20.1. The van der Waals surface area contributed by atoms with Crippen molar-refractivity contribution in [1.82, 2.24) is 19.9 Å². The largest absolute Gasteiger partial charge is 0.496 e. The number of nitrogens with zero attached hydrogens (tertiary/aromatic N) is 5. The first kappa shape index (κ1) is 23.3. The standard InChI is InChI=1S/C25H14ClFN6O2S/c1-35-18-4-2-3-16(27)19(18)15-9-14(10-28)31-21(20(15)22(29)34)24-33-23-25(36-24)32-17(11-30-23)12-5-7-13(26)8-6-12/h2-9,11H,1H3,(H2,29,34). The second-order valence-electron chi connectivity index (χ2n) is 7.48. The Hall–Kier alpha value is -4.46. The van der Waals surface area contributed by atoms with Gasteiger partial charge in [-0.25, -0.2) is 24.3 Å². The van der Waals surface area contributed by atoms with Crippen LogP contribution in [0.3, 0.4) is 0 Å². The van der Waals surface area contributed by atoms with Gasteiger partial charge in [0.15, 0.2) is 10.5 Å². The molecule has 0 unspecified atom stereocenters. The number of ether oxygens (including phenoxy) is 1. The summed E-state index contributed by atoms with van der Waals surface area (Å²) >= 11 is 7.09. The fraction of sp³-hybridized carbons (Fsp3) is 0.0400. The number of nitriles is 1. The molecular formula is C25H14ClFN6O2S. The molecule has 3 aromatic heterocycles. The molecule has 0 atom stereocenters. The van der Waals surface area contributed by atoms with Crippen molar-refractivity contribution >= 4 is 39.3 Å². The lowest BCUT2D eigenvalue weighted by Crippen LogP contribution is -2.16. The van der Waals surface area contributed by atoms with E-state index in [0.29, 0.717) is 21.2 Å². The van der Waals surface area contributed by atoms with E-state index >= 15 is 0 Å². The van der Waals surface area contributed by atoms with Gasteiger partial charge in [0.25, 0.3) is 5.91 Å². The minimum Gasteiger partial charge on any atom is -0.496 e. The van der Waals surface area contributed by atoms with Crippen molar-refractivity contribution in [2.45, 2.75) is 0 Å². The molecule has 5 aromatic rings. The number of benzene rings is 2. The Kier molecular flexibility index (Phi) is 6.01. The Labute approximate surface area is 212 Å². The summed E-state index contributed by atoms with van der Waals surface area (Å²) in [5.74, 6) is -1.36. The topological polar surface area (TPSA) is 128 Å². The maximum Gasteiger partial charge on any atom is 0.251 e. The van der Waals surface area contributed by atoms with Gasteiger partial charge in [0.05, 0.1) is 30.1 Å². The lowest BCUT2D eigenvalue weighted by Gasteiger charge is -2.14. The fourth-order valence-electron chi connectivity index (χ4n) is 3.72. The number of pyridine rings is 1. The smallest absolute Gasteiger partial charge is 0.251 e. The Bertz CT molecular complexity index is 1700. The molecule has 8 nitrogen and oxygen atoms in total. The molecule has 0 aliphatic rings. The quantitative estimate of drug-likeness (QED) is 0.337. The summed E-state index contributed by atoms with van der Waals surface area (Å²) in [7, 11) is 1.37. The number of halogens is 2. The molecule has 1 amide bonds. The highest BCUT2D eigenvalue weighted by Gasteiger charge is 2.26. The SMILES string of the molecule is COc1cccc(F)c1-c1cc(C#N)nc(-c2nc3ncc(-c4ccc(Cl)cc4)nc3s2)c1C(N)=O. The Morgan fingerprint density at radius 3 is 2.64 bits per heavy atom. The molecule has 0 fully saturated rings. The van der Waals surface area contributed by atoms with Gasteiger partial charge >= 0.3 is 0 Å². The third-order valence-corrected chi connectivity index (χ3v) is 6.51. The van der Waals surface area contributed by atoms with Crippen LogP contribution in [0.1, 0.15) is 16.1 Å².